The molecule has 0 unspecified atom stereocenters. The molecule has 2 aromatic carbocycles. The van der Waals surface area contributed by atoms with Gasteiger partial charge in [-0.05, 0) is 29.8 Å². The number of halogens is 2. The van der Waals surface area contributed by atoms with Crippen molar-refractivity contribution in [1.29, 1.82) is 0 Å². The lowest BCUT2D eigenvalue weighted by Gasteiger charge is -2.14. The van der Waals surface area contributed by atoms with Gasteiger partial charge in [0.05, 0.1) is 17.0 Å². The van der Waals surface area contributed by atoms with Gasteiger partial charge in [-0.2, -0.15) is 0 Å². The minimum atomic E-state index is -0.357. The third-order valence-electron chi connectivity index (χ3n) is 3.52. The van der Waals surface area contributed by atoms with Gasteiger partial charge in [-0.25, -0.2) is 4.39 Å². The van der Waals surface area contributed by atoms with E-state index in [0.29, 0.717) is 36.9 Å². The number of rotatable bonds is 5. The van der Waals surface area contributed by atoms with E-state index in [4.69, 9.17) is 33.3 Å². The van der Waals surface area contributed by atoms with Crippen molar-refractivity contribution in [2.75, 3.05) is 7.11 Å². The van der Waals surface area contributed by atoms with Crippen LogP contribution in [0.15, 0.2) is 41.3 Å². The molecule has 0 aliphatic carbocycles. The van der Waals surface area contributed by atoms with Crippen LogP contribution in [0.25, 0.3) is 6.08 Å². The van der Waals surface area contributed by atoms with Crippen molar-refractivity contribution >= 4 is 51.9 Å². The van der Waals surface area contributed by atoms with Gasteiger partial charge in [-0.15, -0.1) is 0 Å². The topological polar surface area (TPSA) is 47.6 Å². The summed E-state index contributed by atoms with van der Waals surface area (Å²) in [5.41, 5.74) is 1.07. The van der Waals surface area contributed by atoms with Gasteiger partial charge in [-0.3, -0.25) is 4.79 Å². The second-order valence-corrected chi connectivity index (χ2v) is 7.39. The van der Waals surface area contributed by atoms with Crippen molar-refractivity contribution in [3.8, 4) is 11.5 Å². The smallest absolute Gasteiger partial charge is 0.263 e. The molecule has 3 rings (SSSR count). The first-order valence-electron chi connectivity index (χ1n) is 7.46. The number of hydrogen-bond acceptors (Lipinski definition) is 5. The van der Waals surface area contributed by atoms with Crippen LogP contribution in [0.4, 0.5) is 4.39 Å². The van der Waals surface area contributed by atoms with Crippen LogP contribution < -0.4 is 14.8 Å². The standard InChI is InChI=1S/C18H13ClFNO3S2/c1-23-14-7-10(8-15-17(22)21-18(25)26-15)6-12(19)16(14)24-9-11-4-2-3-5-13(11)20/h2-8H,9H2,1H3,(H,21,22,25)/b15-8-. The molecule has 1 fully saturated rings. The van der Waals surface area contributed by atoms with Crippen LogP contribution in [0.2, 0.25) is 5.02 Å². The molecular weight excluding hydrogens is 397 g/mol. The summed E-state index contributed by atoms with van der Waals surface area (Å²) in [7, 11) is 1.48. The molecule has 0 radical (unpaired) electrons. The predicted octanol–water partition coefficient (Wildman–Crippen LogP) is 4.56. The van der Waals surface area contributed by atoms with E-state index in [1.807, 2.05) is 0 Å². The number of thiocarbonyl (C=S) groups is 1. The van der Waals surface area contributed by atoms with E-state index in [1.165, 1.54) is 24.9 Å². The fraction of sp³-hybridized carbons (Fsp3) is 0.111. The normalized spacial score (nSPS) is 15.3. The molecule has 0 atom stereocenters. The Bertz CT molecular complexity index is 917. The zero-order valence-corrected chi connectivity index (χ0v) is 15.9. The second kappa shape index (κ2) is 8.07. The summed E-state index contributed by atoms with van der Waals surface area (Å²) in [6.45, 7) is 0.00964. The molecule has 1 aliphatic rings. The molecule has 0 bridgehead atoms. The van der Waals surface area contributed by atoms with Gasteiger partial charge in [0.25, 0.3) is 5.91 Å². The van der Waals surface area contributed by atoms with Crippen LogP contribution >= 0.6 is 35.6 Å². The van der Waals surface area contributed by atoms with Gasteiger partial charge in [0.1, 0.15) is 16.7 Å². The molecule has 8 heteroatoms. The van der Waals surface area contributed by atoms with E-state index in [2.05, 4.69) is 5.32 Å². The molecule has 1 amide bonds. The third-order valence-corrected chi connectivity index (χ3v) is 4.96. The first-order valence-corrected chi connectivity index (χ1v) is 9.07. The van der Waals surface area contributed by atoms with Crippen LogP contribution in [0.5, 0.6) is 11.5 Å². The Morgan fingerprint density at radius 1 is 1.35 bits per heavy atom. The van der Waals surface area contributed by atoms with Gasteiger partial charge in [0.15, 0.2) is 11.5 Å². The highest BCUT2D eigenvalue weighted by Crippen LogP contribution is 2.38. The summed E-state index contributed by atoms with van der Waals surface area (Å²) in [5, 5.41) is 2.84. The number of methoxy groups -OCH3 is 1. The number of nitrogens with one attached hydrogen (secondary N) is 1. The van der Waals surface area contributed by atoms with Gasteiger partial charge in [0, 0.05) is 5.56 Å². The second-order valence-electron chi connectivity index (χ2n) is 5.27. The van der Waals surface area contributed by atoms with Gasteiger partial charge in [-0.1, -0.05) is 53.8 Å². The van der Waals surface area contributed by atoms with Gasteiger partial charge < -0.3 is 14.8 Å². The summed E-state index contributed by atoms with van der Waals surface area (Å²) in [5.74, 6) is 0.0736. The van der Waals surface area contributed by atoms with Crippen molar-refractivity contribution in [2.24, 2.45) is 0 Å². The highest BCUT2D eigenvalue weighted by Gasteiger charge is 2.22. The Hall–Kier alpha value is -2.09. The number of thioether (sulfide) groups is 1. The van der Waals surface area contributed by atoms with Crippen molar-refractivity contribution in [2.45, 2.75) is 6.61 Å². The van der Waals surface area contributed by atoms with Crippen molar-refractivity contribution < 1.29 is 18.7 Å². The average Bonchev–Trinajstić information content (AvgIpc) is 2.92. The minimum Gasteiger partial charge on any atom is -0.493 e. The van der Waals surface area contributed by atoms with Crippen molar-refractivity contribution in [3.63, 3.8) is 0 Å². The monoisotopic (exact) mass is 409 g/mol. The largest absolute Gasteiger partial charge is 0.493 e. The quantitative estimate of drug-likeness (QED) is 0.579. The van der Waals surface area contributed by atoms with Crippen LogP contribution in [-0.4, -0.2) is 17.3 Å². The first-order chi connectivity index (χ1) is 12.5. The molecule has 26 heavy (non-hydrogen) atoms. The van der Waals surface area contributed by atoms with E-state index >= 15 is 0 Å². The number of carbonyl (C=O) groups excluding carboxylic acids is 1. The molecule has 2 aromatic rings. The molecule has 4 nitrogen and oxygen atoms in total. The molecule has 1 saturated heterocycles. The highest BCUT2D eigenvalue weighted by atomic mass is 35.5. The zero-order chi connectivity index (χ0) is 18.7. The molecule has 1 aliphatic heterocycles. The van der Waals surface area contributed by atoms with Crippen LogP contribution in [-0.2, 0) is 11.4 Å². The van der Waals surface area contributed by atoms with Crippen LogP contribution in [0, 0.1) is 5.82 Å². The number of ether oxygens (including phenoxy) is 2. The lowest BCUT2D eigenvalue weighted by Crippen LogP contribution is -2.17. The Balaban J connectivity index is 1.86. The molecule has 0 aromatic heterocycles. The maximum atomic E-state index is 13.7. The Kier molecular flexibility index (Phi) is 5.80. The molecule has 1 N–H and O–H groups in total. The van der Waals surface area contributed by atoms with Crippen LogP contribution in [0.1, 0.15) is 11.1 Å². The average molecular weight is 410 g/mol. The summed E-state index contributed by atoms with van der Waals surface area (Å²) in [4.78, 5) is 12.2. The maximum absolute atomic E-state index is 13.7. The minimum absolute atomic E-state index is 0.00964. The van der Waals surface area contributed by atoms with Crippen LogP contribution in [0.3, 0.4) is 0 Å². The summed E-state index contributed by atoms with van der Waals surface area (Å²) >= 11 is 12.4. The first kappa shape index (κ1) is 18.7. The predicted molar refractivity (Wildman–Crippen MR) is 105 cm³/mol. The molecular formula is C18H13ClFNO3S2. The third kappa shape index (κ3) is 4.17. The molecule has 0 saturated carbocycles. The molecule has 0 spiro atoms. The summed E-state index contributed by atoms with van der Waals surface area (Å²) in [6, 6.07) is 9.66. The van der Waals surface area contributed by atoms with E-state index in [9.17, 15) is 9.18 Å². The van der Waals surface area contributed by atoms with Gasteiger partial charge in [0.2, 0.25) is 0 Å². The van der Waals surface area contributed by atoms with Crippen molar-refractivity contribution in [1.82, 2.24) is 5.32 Å². The number of carbonyl (C=O) groups is 1. The number of hydrogen-bond donors (Lipinski definition) is 1. The number of benzene rings is 2. The molecule has 134 valence electrons. The number of amides is 1. The molecule has 1 heterocycles. The summed E-state index contributed by atoms with van der Waals surface area (Å²) < 4.78 is 25.1. The lowest BCUT2D eigenvalue weighted by molar-refractivity contribution is -0.115. The fourth-order valence-corrected chi connectivity index (χ4v) is 3.62. The van der Waals surface area contributed by atoms with E-state index in [-0.39, 0.29) is 18.3 Å². The fourth-order valence-electron chi connectivity index (χ4n) is 2.30. The maximum Gasteiger partial charge on any atom is 0.263 e. The Morgan fingerprint density at radius 2 is 2.12 bits per heavy atom. The Morgan fingerprint density at radius 3 is 2.77 bits per heavy atom. The Labute approximate surface area is 164 Å². The highest BCUT2D eigenvalue weighted by molar-refractivity contribution is 8.26. The summed E-state index contributed by atoms with van der Waals surface area (Å²) in [6.07, 6.45) is 1.66. The van der Waals surface area contributed by atoms with E-state index in [1.54, 1.807) is 36.4 Å². The van der Waals surface area contributed by atoms with Crippen molar-refractivity contribution in [3.05, 3.63) is 63.3 Å². The van der Waals surface area contributed by atoms with Gasteiger partial charge >= 0.3 is 0 Å². The van der Waals surface area contributed by atoms with E-state index in [0.717, 1.165) is 0 Å². The lowest BCUT2D eigenvalue weighted by atomic mass is 10.1. The van der Waals surface area contributed by atoms with E-state index < -0.39 is 0 Å². The zero-order valence-electron chi connectivity index (χ0n) is 13.5. The SMILES string of the molecule is COc1cc(/C=C2\SC(=S)NC2=O)cc(Cl)c1OCc1ccccc1F.